The first-order valence-electron chi connectivity index (χ1n) is 27.5. The molecule has 0 radical (unpaired) electrons. The number of allylic oxidation sites excluding steroid dienone is 20. The number of hydrogen-bond donors (Lipinski definition) is 0. The van der Waals surface area contributed by atoms with E-state index < -0.39 is 6.10 Å². The maximum atomic E-state index is 12.8. The number of carbonyl (C=O) groups is 3. The zero-order valence-corrected chi connectivity index (χ0v) is 43.8. The minimum Gasteiger partial charge on any atom is -0.462 e. The van der Waals surface area contributed by atoms with Gasteiger partial charge in [-0.2, -0.15) is 0 Å². The maximum absolute atomic E-state index is 12.8. The Bertz CT molecular complexity index is 1450. The van der Waals surface area contributed by atoms with Crippen LogP contribution in [0.5, 0.6) is 0 Å². The van der Waals surface area contributed by atoms with E-state index in [1.807, 2.05) is 0 Å². The predicted octanol–water partition coefficient (Wildman–Crippen LogP) is 18.5. The van der Waals surface area contributed by atoms with Gasteiger partial charge in [0, 0.05) is 19.3 Å². The van der Waals surface area contributed by atoms with Crippen molar-refractivity contribution < 1.29 is 28.6 Å². The lowest BCUT2D eigenvalue weighted by atomic mass is 10.1. The fourth-order valence-corrected chi connectivity index (χ4v) is 7.04. The molecule has 6 heteroatoms. The third-order valence-corrected chi connectivity index (χ3v) is 11.2. The van der Waals surface area contributed by atoms with Crippen molar-refractivity contribution in [1.29, 1.82) is 0 Å². The van der Waals surface area contributed by atoms with E-state index in [1.54, 1.807) is 0 Å². The Morgan fingerprint density at radius 3 is 0.985 bits per heavy atom. The normalized spacial score (nSPS) is 13.0. The lowest BCUT2D eigenvalue weighted by Crippen LogP contribution is -2.30. The number of unbranched alkanes of at least 4 members (excludes halogenated alkanes) is 17. The fourth-order valence-electron chi connectivity index (χ4n) is 7.04. The third-order valence-electron chi connectivity index (χ3n) is 11.2. The average Bonchev–Trinajstić information content (AvgIpc) is 3.34. The molecule has 0 N–H and O–H groups in total. The van der Waals surface area contributed by atoms with Crippen molar-refractivity contribution >= 4 is 17.9 Å². The molecule has 0 aliphatic heterocycles. The highest BCUT2D eigenvalue weighted by Gasteiger charge is 2.19. The van der Waals surface area contributed by atoms with Gasteiger partial charge in [0.1, 0.15) is 13.2 Å². The SMILES string of the molecule is CC/C=C\C/C=C\C/C=C\C/C=C\C/C=C\C/C=C\C/C=C\CCCCCC(=O)OCC(COC(=O)CCCCCCC/C=C\CCCCC)OC(=O)CCCCCCC/C=C\C/C=C\CCC. The van der Waals surface area contributed by atoms with Crippen LogP contribution in [0, 0.1) is 0 Å². The van der Waals surface area contributed by atoms with Crippen molar-refractivity contribution in [2.45, 2.75) is 239 Å². The summed E-state index contributed by atoms with van der Waals surface area (Å²) in [7, 11) is 0. The summed E-state index contributed by atoms with van der Waals surface area (Å²) >= 11 is 0. The average molecular weight is 941 g/mol. The summed E-state index contributed by atoms with van der Waals surface area (Å²) in [6, 6.07) is 0. The molecule has 0 saturated carbocycles. The minimum absolute atomic E-state index is 0.102. The fraction of sp³-hybridized carbons (Fsp3) is 0.629. The molecule has 0 aromatic rings. The van der Waals surface area contributed by atoms with Crippen molar-refractivity contribution in [1.82, 2.24) is 0 Å². The van der Waals surface area contributed by atoms with Crippen LogP contribution < -0.4 is 0 Å². The molecule has 6 nitrogen and oxygen atoms in total. The summed E-state index contributed by atoms with van der Waals surface area (Å²) in [5, 5.41) is 0. The highest BCUT2D eigenvalue weighted by molar-refractivity contribution is 5.71. The second-order valence-electron chi connectivity index (χ2n) is 17.7. The molecular weight excluding hydrogens is 841 g/mol. The van der Waals surface area contributed by atoms with Crippen molar-refractivity contribution in [2.75, 3.05) is 13.2 Å². The molecular formula is C62H100O6. The number of hydrogen-bond acceptors (Lipinski definition) is 6. The Morgan fingerprint density at radius 1 is 0.309 bits per heavy atom. The predicted molar refractivity (Wildman–Crippen MR) is 293 cm³/mol. The van der Waals surface area contributed by atoms with Gasteiger partial charge in [-0.05, 0) is 128 Å². The van der Waals surface area contributed by atoms with E-state index in [-0.39, 0.29) is 31.1 Å². The molecule has 0 aliphatic carbocycles. The lowest BCUT2D eigenvalue weighted by Gasteiger charge is -2.18. The highest BCUT2D eigenvalue weighted by atomic mass is 16.6. The molecule has 0 rings (SSSR count). The van der Waals surface area contributed by atoms with E-state index >= 15 is 0 Å². The summed E-state index contributed by atoms with van der Waals surface area (Å²) < 4.78 is 16.8. The molecule has 1 unspecified atom stereocenters. The van der Waals surface area contributed by atoms with Crippen molar-refractivity contribution in [3.05, 3.63) is 122 Å². The number of rotatable bonds is 48. The zero-order valence-electron chi connectivity index (χ0n) is 43.8. The van der Waals surface area contributed by atoms with E-state index in [4.69, 9.17) is 14.2 Å². The Kier molecular flexibility index (Phi) is 52.0. The standard InChI is InChI=1S/C62H100O6/c1-4-7-10-13-16-19-22-25-26-27-28-29-30-31-32-33-34-35-36-38-40-43-46-49-52-55-61(64)67-58-59(57-66-60(63)54-51-48-45-42-39-24-21-18-15-12-9-6-3)68-62(65)56-53-50-47-44-41-37-23-20-17-14-11-8-5-2/h7,10-11,14,16,18-21,23,25-26,28-29,31-32,34-35,38,40,59H,4-6,8-9,12-13,15,17,22,24,27,30,33,36-37,39,41-58H2,1-3H3/b10-7-,14-11-,19-16-,21-18-,23-20-,26-25-,29-28-,32-31-,35-34-,40-38-. The van der Waals surface area contributed by atoms with Crippen molar-refractivity contribution in [3.8, 4) is 0 Å². The van der Waals surface area contributed by atoms with Gasteiger partial charge in [-0.3, -0.25) is 14.4 Å². The van der Waals surface area contributed by atoms with Crippen LogP contribution in [0.3, 0.4) is 0 Å². The van der Waals surface area contributed by atoms with Crippen LogP contribution in [0.15, 0.2) is 122 Å². The molecule has 0 fully saturated rings. The van der Waals surface area contributed by atoms with Crippen LogP contribution in [0.2, 0.25) is 0 Å². The van der Waals surface area contributed by atoms with Gasteiger partial charge in [0.2, 0.25) is 0 Å². The van der Waals surface area contributed by atoms with Crippen LogP contribution in [0.1, 0.15) is 233 Å². The van der Waals surface area contributed by atoms with Gasteiger partial charge >= 0.3 is 17.9 Å². The molecule has 384 valence electrons. The smallest absolute Gasteiger partial charge is 0.306 e. The number of carbonyl (C=O) groups excluding carboxylic acids is 3. The molecule has 0 amide bonds. The zero-order chi connectivity index (χ0) is 49.3. The van der Waals surface area contributed by atoms with Gasteiger partial charge in [-0.15, -0.1) is 0 Å². The van der Waals surface area contributed by atoms with Gasteiger partial charge in [-0.25, -0.2) is 0 Å². The summed E-state index contributed by atoms with van der Waals surface area (Å²) in [6.07, 6.45) is 76.1. The monoisotopic (exact) mass is 941 g/mol. The van der Waals surface area contributed by atoms with Gasteiger partial charge in [-0.1, -0.05) is 206 Å². The van der Waals surface area contributed by atoms with Gasteiger partial charge in [0.25, 0.3) is 0 Å². The molecule has 1 atom stereocenters. The summed E-state index contributed by atoms with van der Waals surface area (Å²) in [6.45, 7) is 6.37. The second-order valence-corrected chi connectivity index (χ2v) is 17.7. The Labute approximate surface area is 418 Å². The van der Waals surface area contributed by atoms with Gasteiger partial charge in [0.05, 0.1) is 0 Å². The molecule has 0 bridgehead atoms. The second kappa shape index (κ2) is 55.4. The summed E-state index contributed by atoms with van der Waals surface area (Å²) in [5.41, 5.74) is 0. The summed E-state index contributed by atoms with van der Waals surface area (Å²) in [5.74, 6) is -0.965. The lowest BCUT2D eigenvalue weighted by molar-refractivity contribution is -0.167. The Morgan fingerprint density at radius 2 is 0.603 bits per heavy atom. The van der Waals surface area contributed by atoms with Crippen LogP contribution in [-0.2, 0) is 28.6 Å². The van der Waals surface area contributed by atoms with Crippen LogP contribution in [0.25, 0.3) is 0 Å². The Hall–Kier alpha value is -4.19. The maximum Gasteiger partial charge on any atom is 0.306 e. The van der Waals surface area contributed by atoms with E-state index in [2.05, 4.69) is 142 Å². The molecule has 68 heavy (non-hydrogen) atoms. The molecule has 0 aliphatic rings. The van der Waals surface area contributed by atoms with Gasteiger partial charge in [0.15, 0.2) is 6.10 Å². The van der Waals surface area contributed by atoms with Crippen molar-refractivity contribution in [3.63, 3.8) is 0 Å². The molecule has 0 saturated heterocycles. The van der Waals surface area contributed by atoms with E-state index in [0.29, 0.717) is 19.3 Å². The van der Waals surface area contributed by atoms with E-state index in [0.717, 1.165) is 154 Å². The van der Waals surface area contributed by atoms with Crippen LogP contribution in [-0.4, -0.2) is 37.2 Å². The third kappa shape index (κ3) is 52.8. The first kappa shape index (κ1) is 63.8. The van der Waals surface area contributed by atoms with E-state index in [9.17, 15) is 14.4 Å². The molecule has 0 aromatic heterocycles. The van der Waals surface area contributed by atoms with Crippen LogP contribution >= 0.6 is 0 Å². The quantitative estimate of drug-likeness (QED) is 0.0262. The molecule has 0 spiro atoms. The first-order chi connectivity index (χ1) is 33.5. The first-order valence-corrected chi connectivity index (χ1v) is 27.5. The van der Waals surface area contributed by atoms with Crippen LogP contribution in [0.4, 0.5) is 0 Å². The van der Waals surface area contributed by atoms with E-state index in [1.165, 1.54) is 38.5 Å². The molecule has 0 aromatic carbocycles. The molecule has 0 heterocycles. The highest BCUT2D eigenvalue weighted by Crippen LogP contribution is 2.13. The van der Waals surface area contributed by atoms with Gasteiger partial charge < -0.3 is 14.2 Å². The summed E-state index contributed by atoms with van der Waals surface area (Å²) in [4.78, 5) is 38.0. The number of esters is 3. The topological polar surface area (TPSA) is 78.9 Å². The minimum atomic E-state index is -0.805. The Balaban J connectivity index is 4.42. The largest absolute Gasteiger partial charge is 0.462 e. The number of ether oxygens (including phenoxy) is 3. The van der Waals surface area contributed by atoms with Crippen molar-refractivity contribution in [2.24, 2.45) is 0 Å².